The SMILES string of the molecule is CC(N)(OCCO)OCCO. The predicted molar refractivity (Wildman–Crippen MR) is 38.7 cm³/mol. The van der Waals surface area contributed by atoms with Gasteiger partial charge in [0, 0.05) is 6.92 Å². The highest BCUT2D eigenvalue weighted by atomic mass is 16.7. The van der Waals surface area contributed by atoms with Crippen molar-refractivity contribution in [3.05, 3.63) is 0 Å². The molecule has 0 aliphatic rings. The number of rotatable bonds is 6. The molecule has 0 unspecified atom stereocenters. The van der Waals surface area contributed by atoms with E-state index in [1.165, 1.54) is 6.92 Å². The summed E-state index contributed by atoms with van der Waals surface area (Å²) in [6.07, 6.45) is 0. The van der Waals surface area contributed by atoms with Crippen LogP contribution in [0.2, 0.25) is 0 Å². The highest BCUT2D eigenvalue weighted by molar-refractivity contribution is 4.50. The Morgan fingerprint density at radius 1 is 1.18 bits per heavy atom. The molecule has 0 fully saturated rings. The molecule has 0 aromatic rings. The van der Waals surface area contributed by atoms with Crippen LogP contribution < -0.4 is 5.73 Å². The number of ether oxygens (including phenoxy) is 2. The molecule has 4 N–H and O–H groups in total. The molecule has 0 aliphatic heterocycles. The minimum Gasteiger partial charge on any atom is -0.394 e. The second-order valence-electron chi connectivity index (χ2n) is 2.16. The molecule has 0 aromatic carbocycles. The largest absolute Gasteiger partial charge is 0.394 e. The molecule has 0 rings (SSSR count). The van der Waals surface area contributed by atoms with E-state index in [0.717, 1.165) is 0 Å². The fraction of sp³-hybridized carbons (Fsp3) is 1.00. The number of aliphatic hydroxyl groups excluding tert-OH is 2. The van der Waals surface area contributed by atoms with Gasteiger partial charge in [0.05, 0.1) is 26.4 Å². The Balaban J connectivity index is 3.43. The van der Waals surface area contributed by atoms with Crippen molar-refractivity contribution in [3.63, 3.8) is 0 Å². The summed E-state index contributed by atoms with van der Waals surface area (Å²) in [5, 5.41) is 16.7. The Hall–Kier alpha value is -0.200. The van der Waals surface area contributed by atoms with E-state index in [-0.39, 0.29) is 26.4 Å². The van der Waals surface area contributed by atoms with Gasteiger partial charge in [0.2, 0.25) is 5.91 Å². The van der Waals surface area contributed by atoms with Gasteiger partial charge in [0.1, 0.15) is 0 Å². The summed E-state index contributed by atoms with van der Waals surface area (Å²) in [6.45, 7) is 1.56. The maximum absolute atomic E-state index is 8.37. The number of hydrogen-bond acceptors (Lipinski definition) is 5. The molecular weight excluding hydrogens is 150 g/mol. The Morgan fingerprint density at radius 2 is 1.55 bits per heavy atom. The van der Waals surface area contributed by atoms with E-state index in [1.54, 1.807) is 0 Å². The fourth-order valence-corrected chi connectivity index (χ4v) is 0.538. The van der Waals surface area contributed by atoms with Crippen molar-refractivity contribution in [2.75, 3.05) is 26.4 Å². The zero-order valence-electron chi connectivity index (χ0n) is 6.62. The van der Waals surface area contributed by atoms with Gasteiger partial charge in [-0.2, -0.15) is 0 Å². The van der Waals surface area contributed by atoms with Gasteiger partial charge in [-0.1, -0.05) is 0 Å². The molecule has 0 aliphatic carbocycles. The maximum atomic E-state index is 8.37. The van der Waals surface area contributed by atoms with E-state index in [1.807, 2.05) is 0 Å². The Bertz CT molecular complexity index is 86.6. The van der Waals surface area contributed by atoms with E-state index in [2.05, 4.69) is 0 Å². The minimum atomic E-state index is -1.22. The number of nitrogens with two attached hydrogens (primary N) is 1. The van der Waals surface area contributed by atoms with Gasteiger partial charge in [-0.3, -0.25) is 5.73 Å². The lowest BCUT2D eigenvalue weighted by Crippen LogP contribution is -2.43. The first-order chi connectivity index (χ1) is 5.12. The van der Waals surface area contributed by atoms with Gasteiger partial charge < -0.3 is 19.7 Å². The monoisotopic (exact) mass is 165 g/mol. The third-order valence-electron chi connectivity index (χ3n) is 0.960. The van der Waals surface area contributed by atoms with Gasteiger partial charge in [-0.05, 0) is 0 Å². The summed E-state index contributed by atoms with van der Waals surface area (Å²) in [5.74, 6) is -1.22. The highest BCUT2D eigenvalue weighted by Crippen LogP contribution is 2.02. The van der Waals surface area contributed by atoms with Crippen LogP contribution in [0.25, 0.3) is 0 Å². The first kappa shape index (κ1) is 10.8. The molecule has 0 bridgehead atoms. The van der Waals surface area contributed by atoms with Crippen LogP contribution >= 0.6 is 0 Å². The van der Waals surface area contributed by atoms with Crippen LogP contribution in [-0.4, -0.2) is 42.6 Å². The average molecular weight is 165 g/mol. The molecule has 5 nitrogen and oxygen atoms in total. The molecule has 0 atom stereocenters. The summed E-state index contributed by atoms with van der Waals surface area (Å²) < 4.78 is 9.75. The maximum Gasteiger partial charge on any atom is 0.221 e. The Labute approximate surface area is 65.7 Å². The molecular formula is C6H15NO4. The van der Waals surface area contributed by atoms with E-state index in [0.29, 0.717) is 0 Å². The smallest absolute Gasteiger partial charge is 0.221 e. The highest BCUT2D eigenvalue weighted by Gasteiger charge is 2.18. The van der Waals surface area contributed by atoms with Crippen molar-refractivity contribution in [2.45, 2.75) is 12.8 Å². The van der Waals surface area contributed by atoms with E-state index in [4.69, 9.17) is 25.4 Å². The first-order valence-electron chi connectivity index (χ1n) is 3.41. The van der Waals surface area contributed by atoms with Crippen molar-refractivity contribution in [1.29, 1.82) is 0 Å². The normalized spacial score (nSPS) is 12.0. The van der Waals surface area contributed by atoms with Crippen LogP contribution in [-0.2, 0) is 9.47 Å². The van der Waals surface area contributed by atoms with E-state index in [9.17, 15) is 0 Å². The lowest BCUT2D eigenvalue weighted by molar-refractivity contribution is -0.228. The average Bonchev–Trinajstić information content (AvgIpc) is 1.97. The van der Waals surface area contributed by atoms with Gasteiger partial charge in [-0.15, -0.1) is 0 Å². The quantitative estimate of drug-likeness (QED) is 0.423. The molecule has 0 radical (unpaired) electrons. The van der Waals surface area contributed by atoms with Gasteiger partial charge >= 0.3 is 0 Å². The molecule has 0 saturated carbocycles. The first-order valence-corrected chi connectivity index (χ1v) is 3.41. The second kappa shape index (κ2) is 5.45. The van der Waals surface area contributed by atoms with Crippen LogP contribution in [0, 0.1) is 0 Å². The number of hydrogen-bond donors (Lipinski definition) is 3. The van der Waals surface area contributed by atoms with Crippen LogP contribution in [0.4, 0.5) is 0 Å². The molecule has 0 saturated heterocycles. The van der Waals surface area contributed by atoms with Gasteiger partial charge in [0.15, 0.2) is 0 Å². The van der Waals surface area contributed by atoms with Crippen molar-refractivity contribution >= 4 is 0 Å². The fourth-order valence-electron chi connectivity index (χ4n) is 0.538. The van der Waals surface area contributed by atoms with Crippen LogP contribution in [0.3, 0.4) is 0 Å². The van der Waals surface area contributed by atoms with Crippen LogP contribution in [0.1, 0.15) is 6.92 Å². The van der Waals surface area contributed by atoms with Gasteiger partial charge in [-0.25, -0.2) is 0 Å². The third-order valence-corrected chi connectivity index (χ3v) is 0.960. The van der Waals surface area contributed by atoms with E-state index < -0.39 is 5.91 Å². The summed E-state index contributed by atoms with van der Waals surface area (Å²) in [7, 11) is 0. The molecule has 0 aromatic heterocycles. The second-order valence-corrected chi connectivity index (χ2v) is 2.16. The Kier molecular flexibility index (Phi) is 5.35. The van der Waals surface area contributed by atoms with Crippen LogP contribution in [0.15, 0.2) is 0 Å². The lowest BCUT2D eigenvalue weighted by atomic mass is 10.5. The molecule has 5 heteroatoms. The molecule has 0 amide bonds. The predicted octanol–water partition coefficient (Wildman–Crippen LogP) is -1.36. The van der Waals surface area contributed by atoms with Gasteiger partial charge in [0.25, 0.3) is 0 Å². The summed E-state index contributed by atoms with van der Waals surface area (Å²) in [5.41, 5.74) is 5.42. The zero-order valence-corrected chi connectivity index (χ0v) is 6.62. The van der Waals surface area contributed by atoms with Crippen molar-refractivity contribution in [2.24, 2.45) is 5.73 Å². The third kappa shape index (κ3) is 6.21. The lowest BCUT2D eigenvalue weighted by Gasteiger charge is -2.24. The minimum absolute atomic E-state index is 0.102. The van der Waals surface area contributed by atoms with E-state index >= 15 is 0 Å². The molecule has 11 heavy (non-hydrogen) atoms. The summed E-state index contributed by atoms with van der Waals surface area (Å²) in [6, 6.07) is 0. The van der Waals surface area contributed by atoms with Crippen molar-refractivity contribution in [1.82, 2.24) is 0 Å². The topological polar surface area (TPSA) is 84.9 Å². The summed E-state index contributed by atoms with van der Waals surface area (Å²) in [4.78, 5) is 0. The standard InChI is InChI=1S/C6H15NO4/c1-6(7,10-4-2-8)11-5-3-9/h8-9H,2-5,7H2,1H3. The van der Waals surface area contributed by atoms with Crippen LogP contribution in [0.5, 0.6) is 0 Å². The Morgan fingerprint density at radius 3 is 1.82 bits per heavy atom. The molecule has 0 spiro atoms. The molecule has 68 valence electrons. The van der Waals surface area contributed by atoms with Crippen molar-refractivity contribution < 1.29 is 19.7 Å². The summed E-state index contributed by atoms with van der Waals surface area (Å²) >= 11 is 0. The molecule has 0 heterocycles. The zero-order chi connectivity index (χ0) is 8.74. The van der Waals surface area contributed by atoms with Crippen molar-refractivity contribution in [3.8, 4) is 0 Å². The number of aliphatic hydroxyl groups is 2.